The first-order chi connectivity index (χ1) is 11.3. The largest absolute Gasteiger partial charge is 0.457 e. The number of hydrogen-bond acceptors (Lipinski definition) is 5. The first kappa shape index (κ1) is 17.8. The van der Waals surface area contributed by atoms with Crippen LogP contribution in [0.3, 0.4) is 0 Å². The third-order valence-electron chi connectivity index (χ3n) is 3.30. The van der Waals surface area contributed by atoms with Crippen molar-refractivity contribution >= 4 is 21.6 Å². The standard InChI is InChI=1S/C16H19N3O4S/c1-12(16(20)18-17)19(24(2,21)22)13-8-10-15(11-9-13)23-14-6-4-3-5-7-14/h3-12H,17H2,1-2H3,(H,18,20). The highest BCUT2D eigenvalue weighted by Crippen LogP contribution is 2.26. The third-order valence-corrected chi connectivity index (χ3v) is 4.54. The van der Waals surface area contributed by atoms with Crippen molar-refractivity contribution in [2.45, 2.75) is 13.0 Å². The van der Waals surface area contributed by atoms with Crippen LogP contribution >= 0.6 is 0 Å². The molecule has 1 atom stereocenters. The normalized spacial score (nSPS) is 12.3. The number of benzene rings is 2. The summed E-state index contributed by atoms with van der Waals surface area (Å²) in [5.74, 6) is 5.71. The Bertz CT molecular complexity index is 792. The average molecular weight is 349 g/mol. The van der Waals surface area contributed by atoms with Gasteiger partial charge in [-0.3, -0.25) is 14.5 Å². The maximum Gasteiger partial charge on any atom is 0.257 e. The van der Waals surface area contributed by atoms with Gasteiger partial charge in [0.05, 0.1) is 11.9 Å². The van der Waals surface area contributed by atoms with Gasteiger partial charge >= 0.3 is 0 Å². The lowest BCUT2D eigenvalue weighted by Crippen LogP contribution is -2.49. The van der Waals surface area contributed by atoms with E-state index in [1.807, 2.05) is 35.8 Å². The Labute approximate surface area is 141 Å². The minimum Gasteiger partial charge on any atom is -0.457 e. The fraction of sp³-hybridized carbons (Fsp3) is 0.188. The molecule has 128 valence electrons. The Balaban J connectivity index is 2.27. The maximum atomic E-state index is 12.0. The Hall–Kier alpha value is -2.58. The molecule has 2 aromatic rings. The van der Waals surface area contributed by atoms with Gasteiger partial charge in [-0.25, -0.2) is 14.3 Å². The topological polar surface area (TPSA) is 102 Å². The molecule has 2 rings (SSSR count). The predicted octanol–water partition coefficient (Wildman–Crippen LogP) is 1.62. The second-order valence-electron chi connectivity index (χ2n) is 5.15. The number of carbonyl (C=O) groups excluding carboxylic acids is 1. The number of nitrogens with zero attached hydrogens (tertiary/aromatic N) is 1. The summed E-state index contributed by atoms with van der Waals surface area (Å²) in [4.78, 5) is 11.7. The minimum absolute atomic E-state index is 0.342. The zero-order chi connectivity index (χ0) is 17.7. The van der Waals surface area contributed by atoms with E-state index in [0.29, 0.717) is 17.2 Å². The van der Waals surface area contributed by atoms with E-state index in [1.54, 1.807) is 24.3 Å². The van der Waals surface area contributed by atoms with Crippen molar-refractivity contribution < 1.29 is 17.9 Å². The number of para-hydroxylation sites is 1. The summed E-state index contributed by atoms with van der Waals surface area (Å²) in [6.45, 7) is 1.46. The number of nitrogens with one attached hydrogen (secondary N) is 1. The van der Waals surface area contributed by atoms with Gasteiger partial charge in [0.15, 0.2) is 0 Å². The summed E-state index contributed by atoms with van der Waals surface area (Å²) in [5.41, 5.74) is 2.30. The molecule has 0 bridgehead atoms. The molecule has 8 heteroatoms. The van der Waals surface area contributed by atoms with E-state index in [9.17, 15) is 13.2 Å². The van der Waals surface area contributed by atoms with E-state index in [2.05, 4.69) is 0 Å². The third kappa shape index (κ3) is 4.24. The Kier molecular flexibility index (Phi) is 5.42. The predicted molar refractivity (Wildman–Crippen MR) is 92.1 cm³/mol. The van der Waals surface area contributed by atoms with E-state index in [1.165, 1.54) is 6.92 Å². The molecule has 7 nitrogen and oxygen atoms in total. The summed E-state index contributed by atoms with van der Waals surface area (Å²) < 4.78 is 30.7. The van der Waals surface area contributed by atoms with Gasteiger partial charge in [-0.2, -0.15) is 0 Å². The number of ether oxygens (including phenoxy) is 1. The van der Waals surface area contributed by atoms with Crippen molar-refractivity contribution in [3.8, 4) is 11.5 Å². The number of hydrogen-bond donors (Lipinski definition) is 2. The van der Waals surface area contributed by atoms with Crippen molar-refractivity contribution in [2.75, 3.05) is 10.6 Å². The van der Waals surface area contributed by atoms with Gasteiger partial charge in [0, 0.05) is 0 Å². The Morgan fingerprint density at radius 2 is 1.62 bits per heavy atom. The van der Waals surface area contributed by atoms with Crippen molar-refractivity contribution in [3.63, 3.8) is 0 Å². The molecule has 0 spiro atoms. The van der Waals surface area contributed by atoms with Crippen LogP contribution in [0.25, 0.3) is 0 Å². The summed E-state index contributed by atoms with van der Waals surface area (Å²) in [5, 5.41) is 0. The second-order valence-corrected chi connectivity index (χ2v) is 7.01. The minimum atomic E-state index is -3.67. The molecule has 24 heavy (non-hydrogen) atoms. The van der Waals surface area contributed by atoms with Crippen LogP contribution in [0.2, 0.25) is 0 Å². The summed E-state index contributed by atoms with van der Waals surface area (Å²) in [6, 6.07) is 14.6. The van der Waals surface area contributed by atoms with Gasteiger partial charge in [-0.05, 0) is 43.3 Å². The van der Waals surface area contributed by atoms with Gasteiger partial charge in [0.25, 0.3) is 5.91 Å². The number of amides is 1. The average Bonchev–Trinajstić information content (AvgIpc) is 2.55. The van der Waals surface area contributed by atoms with Gasteiger partial charge in [-0.1, -0.05) is 18.2 Å². The van der Waals surface area contributed by atoms with Crippen molar-refractivity contribution in [1.29, 1.82) is 0 Å². The molecule has 3 N–H and O–H groups in total. The van der Waals surface area contributed by atoms with Crippen LogP contribution < -0.4 is 20.3 Å². The van der Waals surface area contributed by atoms with Crippen LogP contribution in [0.4, 0.5) is 5.69 Å². The van der Waals surface area contributed by atoms with Gasteiger partial charge in [0.1, 0.15) is 17.5 Å². The summed E-state index contributed by atoms with van der Waals surface area (Å²) >= 11 is 0. The number of hydrazine groups is 1. The molecule has 0 saturated carbocycles. The van der Waals surface area contributed by atoms with Gasteiger partial charge in [0.2, 0.25) is 10.0 Å². The van der Waals surface area contributed by atoms with E-state index >= 15 is 0 Å². The van der Waals surface area contributed by atoms with Crippen LogP contribution in [0.5, 0.6) is 11.5 Å². The second kappa shape index (κ2) is 7.33. The molecular weight excluding hydrogens is 330 g/mol. The summed E-state index contributed by atoms with van der Waals surface area (Å²) in [7, 11) is -3.67. The Morgan fingerprint density at radius 1 is 1.08 bits per heavy atom. The summed E-state index contributed by atoms with van der Waals surface area (Å²) in [6.07, 6.45) is 1.03. The molecule has 0 aliphatic carbocycles. The molecule has 0 aliphatic rings. The monoisotopic (exact) mass is 349 g/mol. The molecule has 0 aliphatic heterocycles. The van der Waals surface area contributed by atoms with Crippen LogP contribution in [0.15, 0.2) is 54.6 Å². The number of rotatable bonds is 6. The molecule has 1 amide bonds. The smallest absolute Gasteiger partial charge is 0.257 e. The lowest BCUT2D eigenvalue weighted by Gasteiger charge is -2.27. The van der Waals surface area contributed by atoms with Crippen molar-refractivity contribution in [3.05, 3.63) is 54.6 Å². The van der Waals surface area contributed by atoms with E-state index < -0.39 is 22.0 Å². The number of anilines is 1. The number of nitrogens with two attached hydrogens (primary N) is 1. The number of carbonyl (C=O) groups is 1. The quantitative estimate of drug-likeness (QED) is 0.469. The molecule has 0 radical (unpaired) electrons. The molecule has 1 unspecified atom stereocenters. The molecule has 0 saturated heterocycles. The number of sulfonamides is 1. The zero-order valence-electron chi connectivity index (χ0n) is 13.3. The van der Waals surface area contributed by atoms with Crippen LogP contribution in [0, 0.1) is 0 Å². The highest BCUT2D eigenvalue weighted by molar-refractivity contribution is 7.92. The van der Waals surface area contributed by atoms with Crippen LogP contribution in [0.1, 0.15) is 6.92 Å². The fourth-order valence-electron chi connectivity index (χ4n) is 2.22. The first-order valence-corrected chi connectivity index (χ1v) is 9.00. The highest BCUT2D eigenvalue weighted by Gasteiger charge is 2.28. The molecular formula is C16H19N3O4S. The fourth-order valence-corrected chi connectivity index (χ4v) is 3.39. The maximum absolute atomic E-state index is 12.0. The lowest BCUT2D eigenvalue weighted by atomic mass is 10.2. The van der Waals surface area contributed by atoms with E-state index in [-0.39, 0.29) is 0 Å². The molecule has 0 heterocycles. The molecule has 2 aromatic carbocycles. The van der Waals surface area contributed by atoms with Crippen LogP contribution in [-0.2, 0) is 14.8 Å². The van der Waals surface area contributed by atoms with E-state index in [4.69, 9.17) is 10.6 Å². The van der Waals surface area contributed by atoms with Crippen molar-refractivity contribution in [2.24, 2.45) is 5.84 Å². The van der Waals surface area contributed by atoms with E-state index in [0.717, 1.165) is 10.6 Å². The SMILES string of the molecule is CC(C(=O)NN)N(c1ccc(Oc2ccccc2)cc1)S(C)(=O)=O. The van der Waals surface area contributed by atoms with Crippen LogP contribution in [-0.4, -0.2) is 26.6 Å². The van der Waals surface area contributed by atoms with Crippen molar-refractivity contribution in [1.82, 2.24) is 5.43 Å². The molecule has 0 aromatic heterocycles. The highest BCUT2D eigenvalue weighted by atomic mass is 32.2. The van der Waals surface area contributed by atoms with Gasteiger partial charge in [-0.15, -0.1) is 0 Å². The molecule has 0 fully saturated rings. The first-order valence-electron chi connectivity index (χ1n) is 7.16. The van der Waals surface area contributed by atoms with Gasteiger partial charge < -0.3 is 4.74 Å². The zero-order valence-corrected chi connectivity index (χ0v) is 14.2. The Morgan fingerprint density at radius 3 is 2.12 bits per heavy atom. The lowest BCUT2D eigenvalue weighted by molar-refractivity contribution is -0.121.